The number of halogens is 4. The van der Waals surface area contributed by atoms with E-state index >= 15 is 0 Å². The van der Waals surface area contributed by atoms with E-state index in [1.807, 2.05) is 60.7 Å². The number of hydrogen-bond acceptors (Lipinski definition) is 6. The van der Waals surface area contributed by atoms with Crippen molar-refractivity contribution in [2.75, 3.05) is 0 Å². The minimum atomic E-state index is -0.661. The van der Waals surface area contributed by atoms with Crippen molar-refractivity contribution >= 4 is 6.29 Å². The number of benzene rings is 4. The van der Waals surface area contributed by atoms with Crippen LogP contribution in [0.4, 0.5) is 17.6 Å². The van der Waals surface area contributed by atoms with E-state index in [0.29, 0.717) is 36.3 Å². The van der Waals surface area contributed by atoms with Crippen molar-refractivity contribution in [1.29, 1.82) is 0 Å². The van der Waals surface area contributed by atoms with Gasteiger partial charge in [-0.2, -0.15) is 0 Å². The van der Waals surface area contributed by atoms with Crippen LogP contribution in [0, 0.1) is 23.3 Å². The van der Waals surface area contributed by atoms with Crippen LogP contribution in [0.5, 0.6) is 0 Å². The molecule has 0 saturated carbocycles. The van der Waals surface area contributed by atoms with Gasteiger partial charge in [-0.3, -0.25) is 4.79 Å². The van der Waals surface area contributed by atoms with E-state index < -0.39 is 23.3 Å². The minimum absolute atomic E-state index is 0.0352. The Morgan fingerprint density at radius 3 is 1.61 bits per heavy atom. The lowest BCUT2D eigenvalue weighted by molar-refractivity contribution is 0.111. The smallest absolute Gasteiger partial charge is 0.230 e. The topological polar surface area (TPSA) is 89.4 Å². The first-order valence-electron chi connectivity index (χ1n) is 13.4. The predicted octanol–water partition coefficient (Wildman–Crippen LogP) is 7.73. The first-order valence-corrected chi connectivity index (χ1v) is 13.4. The highest BCUT2D eigenvalue weighted by Gasteiger charge is 2.19. The summed E-state index contributed by atoms with van der Waals surface area (Å²) in [6, 6.07) is 24.9. The Morgan fingerprint density at radius 2 is 1.11 bits per heavy atom. The Hall–Kier alpha value is -5.35. The van der Waals surface area contributed by atoms with E-state index in [9.17, 15) is 27.5 Å². The number of nitrogens with zero attached hydrogens (tertiary/aromatic N) is 2. The molecule has 6 aromatic rings. The Balaban J connectivity index is 0.000000175. The Bertz CT molecular complexity index is 1870. The summed E-state index contributed by atoms with van der Waals surface area (Å²) < 4.78 is 65.2. The molecule has 6 nitrogen and oxygen atoms in total. The van der Waals surface area contributed by atoms with Gasteiger partial charge in [0.25, 0.3) is 0 Å². The number of rotatable bonds is 8. The second-order valence-electron chi connectivity index (χ2n) is 9.57. The lowest BCUT2D eigenvalue weighted by atomic mass is 10.1. The molecule has 0 amide bonds. The monoisotopic (exact) mass is 600 g/mol. The van der Waals surface area contributed by atoms with Crippen LogP contribution in [0.2, 0.25) is 0 Å². The van der Waals surface area contributed by atoms with E-state index in [-0.39, 0.29) is 35.2 Å². The third-order valence-corrected chi connectivity index (χ3v) is 6.50. The molecule has 0 radical (unpaired) electrons. The summed E-state index contributed by atoms with van der Waals surface area (Å²) in [7, 11) is 0. The molecule has 10 heteroatoms. The molecule has 222 valence electrons. The van der Waals surface area contributed by atoms with Gasteiger partial charge in [0.1, 0.15) is 46.2 Å². The molecule has 0 aliphatic carbocycles. The number of hydrogen-bond donors (Lipinski definition) is 1. The van der Waals surface area contributed by atoms with E-state index in [1.54, 1.807) is 0 Å². The zero-order valence-corrected chi connectivity index (χ0v) is 23.0. The van der Waals surface area contributed by atoms with Crippen molar-refractivity contribution in [3.05, 3.63) is 154 Å². The molecule has 0 saturated heterocycles. The van der Waals surface area contributed by atoms with Crippen molar-refractivity contribution in [3.8, 4) is 22.9 Å². The molecular weight excluding hydrogens is 576 g/mol. The summed E-state index contributed by atoms with van der Waals surface area (Å²) in [4.78, 5) is 19.2. The van der Waals surface area contributed by atoms with Gasteiger partial charge in [-0.1, -0.05) is 60.7 Å². The van der Waals surface area contributed by atoms with Crippen LogP contribution in [-0.4, -0.2) is 21.4 Å². The molecule has 0 bridgehead atoms. The number of carbonyl (C=O) groups excluding carboxylic acids is 1. The second kappa shape index (κ2) is 13.7. The Labute approximate surface area is 249 Å². The Morgan fingerprint density at radius 1 is 0.636 bits per heavy atom. The molecular formula is C34H24F4N2O4. The van der Waals surface area contributed by atoms with E-state index in [0.717, 1.165) is 47.5 Å². The first-order chi connectivity index (χ1) is 21.3. The van der Waals surface area contributed by atoms with Crippen LogP contribution in [0.25, 0.3) is 22.9 Å². The number of aldehydes is 1. The van der Waals surface area contributed by atoms with Gasteiger partial charge in [0.05, 0.1) is 17.7 Å². The summed E-state index contributed by atoms with van der Waals surface area (Å²) in [5, 5.41) is 9.39. The number of carbonyl (C=O) groups is 1. The molecule has 1 N–H and O–H groups in total. The molecule has 0 atom stereocenters. The van der Waals surface area contributed by atoms with Crippen molar-refractivity contribution in [2.45, 2.75) is 19.4 Å². The summed E-state index contributed by atoms with van der Waals surface area (Å²) >= 11 is 0. The highest BCUT2D eigenvalue weighted by molar-refractivity contribution is 5.75. The third-order valence-electron chi connectivity index (χ3n) is 6.50. The van der Waals surface area contributed by atoms with Crippen molar-refractivity contribution in [2.24, 2.45) is 0 Å². The molecule has 6 rings (SSSR count). The molecule has 0 aliphatic rings. The number of aromatic nitrogens is 2. The standard InChI is InChI=1S/C17H13F2NO2.C17H11F2NO2/c2*18-12-6-7-14(19)13(9-12)17-20-15(10-21)16(22-17)8-11-4-2-1-3-5-11/h1-7,9,21H,8,10H2;1-7,9-10H,8H2. The van der Waals surface area contributed by atoms with Crippen molar-refractivity contribution in [3.63, 3.8) is 0 Å². The van der Waals surface area contributed by atoms with Crippen molar-refractivity contribution in [1.82, 2.24) is 9.97 Å². The molecule has 2 heterocycles. The lowest BCUT2D eigenvalue weighted by Gasteiger charge is -2.00. The summed E-state index contributed by atoms with van der Waals surface area (Å²) in [6.45, 7) is -0.331. The number of oxazole rings is 2. The van der Waals surface area contributed by atoms with Gasteiger partial charge in [-0.25, -0.2) is 27.5 Å². The quantitative estimate of drug-likeness (QED) is 0.142. The average Bonchev–Trinajstić information content (AvgIpc) is 3.64. The van der Waals surface area contributed by atoms with Crippen LogP contribution >= 0.6 is 0 Å². The minimum Gasteiger partial charge on any atom is -0.440 e. The number of aliphatic hydroxyl groups excluding tert-OH is 1. The highest BCUT2D eigenvalue weighted by Crippen LogP contribution is 2.28. The second-order valence-corrected chi connectivity index (χ2v) is 9.57. The van der Waals surface area contributed by atoms with Crippen LogP contribution < -0.4 is 0 Å². The maximum absolute atomic E-state index is 13.8. The van der Waals surface area contributed by atoms with Gasteiger partial charge in [0.2, 0.25) is 11.8 Å². The van der Waals surface area contributed by atoms with Crippen LogP contribution in [0.3, 0.4) is 0 Å². The van der Waals surface area contributed by atoms with Crippen LogP contribution in [-0.2, 0) is 19.4 Å². The maximum atomic E-state index is 13.8. The summed E-state index contributed by atoms with van der Waals surface area (Å²) in [5.74, 6) is -1.86. The van der Waals surface area contributed by atoms with Crippen LogP contribution in [0.1, 0.15) is 38.8 Å². The number of aliphatic hydroxyl groups is 1. The SMILES string of the molecule is O=Cc1nc(-c2cc(F)ccc2F)oc1Cc1ccccc1.OCc1nc(-c2cc(F)ccc2F)oc1Cc1ccccc1. The van der Waals surface area contributed by atoms with Crippen molar-refractivity contribution < 1.29 is 36.3 Å². The summed E-state index contributed by atoms with van der Waals surface area (Å²) in [6.07, 6.45) is 1.31. The third kappa shape index (κ3) is 7.16. The molecule has 0 spiro atoms. The van der Waals surface area contributed by atoms with Gasteiger partial charge in [-0.05, 0) is 47.5 Å². The molecule has 0 fully saturated rings. The van der Waals surface area contributed by atoms with E-state index in [4.69, 9.17) is 8.83 Å². The van der Waals surface area contributed by atoms with Gasteiger partial charge in [-0.15, -0.1) is 0 Å². The van der Waals surface area contributed by atoms with Gasteiger partial charge >= 0.3 is 0 Å². The highest BCUT2D eigenvalue weighted by atomic mass is 19.1. The van der Waals surface area contributed by atoms with Gasteiger partial charge in [0, 0.05) is 12.8 Å². The van der Waals surface area contributed by atoms with Crippen LogP contribution in [0.15, 0.2) is 106 Å². The molecule has 0 aliphatic heterocycles. The molecule has 4 aromatic carbocycles. The first kappa shape index (κ1) is 30.1. The van der Waals surface area contributed by atoms with E-state index in [2.05, 4.69) is 9.97 Å². The fourth-order valence-corrected chi connectivity index (χ4v) is 4.34. The fourth-order valence-electron chi connectivity index (χ4n) is 4.34. The largest absolute Gasteiger partial charge is 0.440 e. The average molecular weight is 601 g/mol. The zero-order valence-electron chi connectivity index (χ0n) is 23.0. The zero-order chi connectivity index (χ0) is 31.1. The maximum Gasteiger partial charge on any atom is 0.230 e. The summed E-state index contributed by atoms with van der Waals surface area (Å²) in [5.41, 5.74) is 2.13. The Kier molecular flexibility index (Phi) is 9.41. The van der Waals surface area contributed by atoms with Gasteiger partial charge < -0.3 is 13.9 Å². The lowest BCUT2D eigenvalue weighted by Crippen LogP contribution is -1.92. The predicted molar refractivity (Wildman–Crippen MR) is 154 cm³/mol. The molecule has 2 aromatic heterocycles. The normalized spacial score (nSPS) is 10.8. The fraction of sp³-hybridized carbons (Fsp3) is 0.0882. The molecule has 0 unspecified atom stereocenters. The van der Waals surface area contributed by atoms with E-state index in [1.165, 1.54) is 0 Å². The van der Waals surface area contributed by atoms with Gasteiger partial charge in [0.15, 0.2) is 6.29 Å². The molecule has 44 heavy (non-hydrogen) atoms.